The zero-order valence-electron chi connectivity index (χ0n) is 15.4. The average Bonchev–Trinajstić information content (AvgIpc) is 2.55. The summed E-state index contributed by atoms with van der Waals surface area (Å²) in [6.07, 6.45) is 0. The van der Waals surface area contributed by atoms with Gasteiger partial charge >= 0.3 is 157 Å². The zero-order chi connectivity index (χ0) is 17.9. The average molecular weight is 446 g/mol. The Balaban J connectivity index is 0.000000240. The molecule has 0 aliphatic rings. The van der Waals surface area contributed by atoms with Crippen LogP contribution in [-0.2, 0) is 0 Å². The molecule has 2 rings (SSSR count). The molecule has 0 fully saturated rings. The van der Waals surface area contributed by atoms with Gasteiger partial charge in [0.05, 0.1) is 0 Å². The van der Waals surface area contributed by atoms with Crippen molar-refractivity contribution in [3.63, 3.8) is 0 Å². The summed E-state index contributed by atoms with van der Waals surface area (Å²) >= 11 is -2.88. The summed E-state index contributed by atoms with van der Waals surface area (Å²) < 4.78 is 21.7. The van der Waals surface area contributed by atoms with Crippen LogP contribution in [0.4, 0.5) is 0 Å². The third-order valence-electron chi connectivity index (χ3n) is 2.86. The molecular weight excluding hydrogens is 420 g/mol. The van der Waals surface area contributed by atoms with Gasteiger partial charge in [-0.2, -0.15) is 0 Å². The molecule has 0 atom stereocenters. The summed E-state index contributed by atoms with van der Waals surface area (Å²) in [5.74, 6) is 3.43. The Bertz CT molecular complexity index is 550. The summed E-state index contributed by atoms with van der Waals surface area (Å²) in [5, 5.41) is 0. The monoisotopic (exact) mass is 444 g/mol. The van der Waals surface area contributed by atoms with Crippen molar-refractivity contribution in [2.75, 3.05) is 14.2 Å². The number of ether oxygens (including phenoxy) is 2. The molecule has 0 N–H and O–H groups in total. The quantitative estimate of drug-likeness (QED) is 0.606. The van der Waals surface area contributed by atoms with Gasteiger partial charge in [0.1, 0.15) is 0 Å². The Morgan fingerprint density at radius 1 is 0.542 bits per heavy atom. The maximum absolute atomic E-state index is 5.70. The molecular formula is C18H26Ga2O4. The van der Waals surface area contributed by atoms with Crippen molar-refractivity contribution in [1.82, 2.24) is 0 Å². The third kappa shape index (κ3) is 7.65. The van der Waals surface area contributed by atoms with Crippen LogP contribution in [0.2, 0.25) is 21.9 Å². The van der Waals surface area contributed by atoms with Crippen molar-refractivity contribution in [2.45, 2.75) is 21.9 Å². The van der Waals surface area contributed by atoms with Gasteiger partial charge in [-0.25, -0.2) is 0 Å². The van der Waals surface area contributed by atoms with E-state index in [1.165, 1.54) is 0 Å². The molecule has 0 saturated carbocycles. The van der Waals surface area contributed by atoms with Gasteiger partial charge in [0.25, 0.3) is 0 Å². The van der Waals surface area contributed by atoms with E-state index in [-0.39, 0.29) is 0 Å². The zero-order valence-corrected chi connectivity index (χ0v) is 20.3. The van der Waals surface area contributed by atoms with E-state index in [0.29, 0.717) is 0 Å². The summed E-state index contributed by atoms with van der Waals surface area (Å²) in [5.41, 5.74) is 8.72. The molecule has 0 heterocycles. The van der Waals surface area contributed by atoms with Crippen LogP contribution in [0.1, 0.15) is 0 Å². The van der Waals surface area contributed by atoms with Crippen LogP contribution in [0.5, 0.6) is 23.0 Å². The fourth-order valence-electron chi connectivity index (χ4n) is 1.94. The van der Waals surface area contributed by atoms with E-state index in [1.54, 1.807) is 14.2 Å². The first-order valence-electron chi connectivity index (χ1n) is 8.07. The van der Waals surface area contributed by atoms with Crippen molar-refractivity contribution in [3.8, 4) is 23.0 Å². The molecule has 0 radical (unpaired) electrons. The molecule has 2 aromatic rings. The van der Waals surface area contributed by atoms with E-state index in [9.17, 15) is 0 Å². The minimum absolute atomic E-state index is 0.830. The van der Waals surface area contributed by atoms with E-state index in [1.807, 2.05) is 48.5 Å². The van der Waals surface area contributed by atoms with Crippen molar-refractivity contribution in [1.29, 1.82) is 0 Å². The van der Waals surface area contributed by atoms with E-state index in [0.717, 1.165) is 23.0 Å². The van der Waals surface area contributed by atoms with E-state index in [4.69, 9.17) is 16.5 Å². The van der Waals surface area contributed by atoms with E-state index >= 15 is 0 Å². The third-order valence-corrected chi connectivity index (χ3v) is 5.91. The first kappa shape index (κ1) is 21.0. The van der Waals surface area contributed by atoms with Gasteiger partial charge in [-0.15, -0.1) is 0 Å². The van der Waals surface area contributed by atoms with Gasteiger partial charge in [-0.1, -0.05) is 0 Å². The van der Waals surface area contributed by atoms with Crippen LogP contribution in [0.25, 0.3) is 0 Å². The number of para-hydroxylation sites is 4. The Morgan fingerprint density at radius 2 is 0.833 bits per heavy atom. The molecule has 128 valence electrons. The Labute approximate surface area is 157 Å². The van der Waals surface area contributed by atoms with E-state index in [2.05, 4.69) is 21.9 Å². The number of methoxy groups -OCH3 is 2. The predicted molar refractivity (Wildman–Crippen MR) is 102 cm³/mol. The Morgan fingerprint density at radius 3 is 1.08 bits per heavy atom. The molecule has 6 heteroatoms. The fraction of sp³-hybridized carbons (Fsp3) is 0.333. The Kier molecular flexibility index (Phi) is 10.0. The molecule has 24 heavy (non-hydrogen) atoms. The molecule has 0 aliphatic carbocycles. The van der Waals surface area contributed by atoms with Gasteiger partial charge in [0, 0.05) is 0 Å². The van der Waals surface area contributed by atoms with Crippen molar-refractivity contribution >= 4 is 33.2 Å². The molecule has 0 spiro atoms. The van der Waals surface area contributed by atoms with Gasteiger partial charge in [-0.3, -0.25) is 0 Å². The summed E-state index contributed by atoms with van der Waals surface area (Å²) in [6.45, 7) is 0. The number of hydrogen-bond acceptors (Lipinski definition) is 4. The van der Waals surface area contributed by atoms with Crippen LogP contribution >= 0.6 is 0 Å². The first-order valence-corrected chi connectivity index (χ1v) is 19.7. The topological polar surface area (TPSA) is 36.9 Å². The van der Waals surface area contributed by atoms with Crippen molar-refractivity contribution in [2.24, 2.45) is 0 Å². The summed E-state index contributed by atoms with van der Waals surface area (Å²) in [7, 11) is 3.32. The standard InChI is InChI=1S/2C7H8O2.4CH3.2Ga/c2*1-9-7-5-3-2-4-6(7)8;;;;;;/h2*2-5,8H,1H3;4*1H3;;/q;;;;;;2*+1/p-2. The van der Waals surface area contributed by atoms with Crippen LogP contribution in [-0.4, -0.2) is 47.4 Å². The molecule has 0 aromatic heterocycles. The van der Waals surface area contributed by atoms with Crippen molar-refractivity contribution in [3.05, 3.63) is 48.5 Å². The molecule has 2 aromatic carbocycles. The molecule has 0 amide bonds. The molecule has 4 nitrogen and oxygen atoms in total. The molecule has 0 aliphatic heterocycles. The van der Waals surface area contributed by atoms with Gasteiger partial charge < -0.3 is 0 Å². The fourth-order valence-corrected chi connectivity index (χ4v) is 4.89. The second kappa shape index (κ2) is 11.5. The first-order chi connectivity index (χ1) is 11.5. The van der Waals surface area contributed by atoms with Crippen LogP contribution < -0.4 is 16.5 Å². The van der Waals surface area contributed by atoms with Gasteiger partial charge in [0.15, 0.2) is 0 Å². The predicted octanol–water partition coefficient (Wildman–Crippen LogP) is 4.65. The molecule has 0 saturated heterocycles. The Hall–Kier alpha value is -1.09. The number of hydrogen-bond donors (Lipinski definition) is 0. The van der Waals surface area contributed by atoms with Crippen LogP contribution in [0, 0.1) is 0 Å². The molecule has 0 bridgehead atoms. The second-order valence-electron chi connectivity index (χ2n) is 5.63. The maximum atomic E-state index is 5.70. The number of rotatable bonds is 6. The van der Waals surface area contributed by atoms with E-state index < -0.39 is 33.2 Å². The number of benzene rings is 2. The molecule has 0 unspecified atom stereocenters. The minimum atomic E-state index is -1.44. The van der Waals surface area contributed by atoms with Crippen LogP contribution in [0.15, 0.2) is 48.5 Å². The van der Waals surface area contributed by atoms with Gasteiger partial charge in [0.2, 0.25) is 0 Å². The van der Waals surface area contributed by atoms with Crippen molar-refractivity contribution < 1.29 is 16.5 Å². The second-order valence-corrected chi connectivity index (χ2v) is 15.4. The SMILES string of the molecule is COc1ccccc1[O][Ga]([CH3])[CH3].COc1ccccc1[O][Ga]([CH3])[CH3]. The summed E-state index contributed by atoms with van der Waals surface area (Å²) in [6, 6.07) is 15.5. The normalized spacial score (nSPS) is 9.25. The van der Waals surface area contributed by atoms with Gasteiger partial charge in [-0.05, 0) is 0 Å². The van der Waals surface area contributed by atoms with Crippen LogP contribution in [0.3, 0.4) is 0 Å². The summed E-state index contributed by atoms with van der Waals surface area (Å²) in [4.78, 5) is 0.